The largest absolute Gasteiger partial charge is 0.447 e. The number of carbonyl (C=O) groups is 1. The van der Waals surface area contributed by atoms with Crippen LogP contribution in [-0.4, -0.2) is 12.1 Å². The van der Waals surface area contributed by atoms with Crippen LogP contribution in [0.3, 0.4) is 0 Å². The van der Waals surface area contributed by atoms with Crippen LogP contribution in [0.25, 0.3) is 0 Å². The maximum absolute atomic E-state index is 11.1. The number of nitrogens with zero attached hydrogens (tertiary/aromatic N) is 1. The van der Waals surface area contributed by atoms with Gasteiger partial charge in [-0.15, -0.1) is 0 Å². The molecule has 4 aliphatic carbocycles. The Kier molecular flexibility index (Phi) is 2.61. The quantitative estimate of drug-likeness (QED) is 0.688. The number of esters is 1. The second-order valence-electron chi connectivity index (χ2n) is 6.17. The van der Waals surface area contributed by atoms with Gasteiger partial charge in [-0.1, -0.05) is 0 Å². The van der Waals surface area contributed by atoms with Gasteiger partial charge in [-0.2, -0.15) is 5.26 Å². The highest BCUT2D eigenvalue weighted by atomic mass is 16.5. The van der Waals surface area contributed by atoms with E-state index in [1.807, 2.05) is 0 Å². The van der Waals surface area contributed by atoms with E-state index >= 15 is 0 Å². The predicted octanol–water partition coefficient (Wildman–Crippen LogP) is 2.51. The monoisotopic (exact) mass is 233 g/mol. The molecular weight excluding hydrogens is 214 g/mol. The number of rotatable bonds is 2. The minimum atomic E-state index is -0.498. The van der Waals surface area contributed by atoms with Crippen molar-refractivity contribution in [3.8, 4) is 6.07 Å². The zero-order chi connectivity index (χ0) is 12.0. The SMILES string of the molecule is CC(=O)OC(C#N)C1C2CC3CC(C2)CC1C3. The Bertz CT molecular complexity index is 343. The van der Waals surface area contributed by atoms with E-state index in [1.54, 1.807) is 0 Å². The molecule has 0 saturated heterocycles. The molecule has 92 valence electrons. The zero-order valence-electron chi connectivity index (χ0n) is 10.3. The molecule has 4 rings (SSSR count). The smallest absolute Gasteiger partial charge is 0.303 e. The van der Waals surface area contributed by atoms with Crippen molar-refractivity contribution < 1.29 is 9.53 Å². The van der Waals surface area contributed by atoms with Crippen LogP contribution in [0.1, 0.15) is 39.0 Å². The van der Waals surface area contributed by atoms with Crippen LogP contribution in [0.2, 0.25) is 0 Å². The number of hydrogen-bond acceptors (Lipinski definition) is 3. The van der Waals surface area contributed by atoms with Gasteiger partial charge in [-0.25, -0.2) is 0 Å². The van der Waals surface area contributed by atoms with Crippen LogP contribution >= 0.6 is 0 Å². The van der Waals surface area contributed by atoms with Gasteiger partial charge >= 0.3 is 5.97 Å². The van der Waals surface area contributed by atoms with E-state index in [0.717, 1.165) is 11.8 Å². The second kappa shape index (κ2) is 4.01. The van der Waals surface area contributed by atoms with Crippen molar-refractivity contribution >= 4 is 5.97 Å². The topological polar surface area (TPSA) is 50.1 Å². The molecule has 17 heavy (non-hydrogen) atoms. The van der Waals surface area contributed by atoms with Gasteiger partial charge in [0, 0.05) is 12.8 Å². The van der Waals surface area contributed by atoms with E-state index in [2.05, 4.69) is 6.07 Å². The van der Waals surface area contributed by atoms with Gasteiger partial charge in [0.2, 0.25) is 0 Å². The first kappa shape index (κ1) is 11.1. The Morgan fingerprint density at radius 1 is 1.18 bits per heavy atom. The first-order valence-corrected chi connectivity index (χ1v) is 6.74. The molecule has 0 aliphatic heterocycles. The molecule has 1 atom stereocenters. The Hall–Kier alpha value is -1.04. The van der Waals surface area contributed by atoms with Gasteiger partial charge in [0.1, 0.15) is 6.07 Å². The van der Waals surface area contributed by atoms with Crippen LogP contribution in [0.4, 0.5) is 0 Å². The highest BCUT2D eigenvalue weighted by Crippen LogP contribution is 2.57. The lowest BCUT2D eigenvalue weighted by molar-refractivity contribution is -0.154. The fraction of sp³-hybridized carbons (Fsp3) is 0.857. The van der Waals surface area contributed by atoms with Crippen LogP contribution in [0.5, 0.6) is 0 Å². The summed E-state index contributed by atoms with van der Waals surface area (Å²) in [5, 5.41) is 9.23. The number of hydrogen-bond donors (Lipinski definition) is 0. The average molecular weight is 233 g/mol. The van der Waals surface area contributed by atoms with Gasteiger partial charge in [0.25, 0.3) is 0 Å². The van der Waals surface area contributed by atoms with E-state index < -0.39 is 6.10 Å². The fourth-order valence-corrected chi connectivity index (χ4v) is 4.83. The van der Waals surface area contributed by atoms with Crippen LogP contribution in [0.15, 0.2) is 0 Å². The molecule has 3 heteroatoms. The molecule has 0 amide bonds. The first-order valence-electron chi connectivity index (χ1n) is 6.74. The summed E-state index contributed by atoms with van der Waals surface area (Å²) in [6.07, 6.45) is 5.95. The van der Waals surface area contributed by atoms with E-state index in [9.17, 15) is 10.1 Å². The van der Waals surface area contributed by atoms with Gasteiger partial charge in [0.05, 0.1) is 0 Å². The average Bonchev–Trinajstić information content (AvgIpc) is 2.25. The Labute approximate surface area is 102 Å². The lowest BCUT2D eigenvalue weighted by Crippen LogP contribution is -2.49. The van der Waals surface area contributed by atoms with Gasteiger partial charge in [-0.05, 0) is 55.8 Å². The molecule has 0 aromatic heterocycles. The fourth-order valence-electron chi connectivity index (χ4n) is 4.83. The summed E-state index contributed by atoms with van der Waals surface area (Å²) in [5.74, 6) is 3.06. The first-order chi connectivity index (χ1) is 8.17. The summed E-state index contributed by atoms with van der Waals surface area (Å²) in [6.45, 7) is 1.40. The van der Waals surface area contributed by atoms with Gasteiger partial charge in [-0.3, -0.25) is 4.79 Å². The molecule has 4 saturated carbocycles. The van der Waals surface area contributed by atoms with E-state index in [1.165, 1.54) is 39.0 Å². The summed E-state index contributed by atoms with van der Waals surface area (Å²) in [5.41, 5.74) is 0. The van der Waals surface area contributed by atoms with Crippen molar-refractivity contribution in [3.63, 3.8) is 0 Å². The van der Waals surface area contributed by atoms with Crippen LogP contribution < -0.4 is 0 Å². The molecule has 0 N–H and O–H groups in total. The lowest BCUT2D eigenvalue weighted by Gasteiger charge is -2.55. The van der Waals surface area contributed by atoms with Crippen molar-refractivity contribution in [3.05, 3.63) is 0 Å². The molecule has 0 heterocycles. The van der Waals surface area contributed by atoms with Gasteiger partial charge in [0.15, 0.2) is 6.10 Å². The standard InChI is InChI=1S/C14H19NO2/c1-8(16)17-13(7-15)14-11-3-9-2-10(5-11)6-12(14)4-9/h9-14H,2-6H2,1H3. The summed E-state index contributed by atoms with van der Waals surface area (Å²) in [6, 6.07) is 2.22. The van der Waals surface area contributed by atoms with Crippen LogP contribution in [0, 0.1) is 40.9 Å². The third kappa shape index (κ3) is 1.84. The molecular formula is C14H19NO2. The molecule has 0 aromatic carbocycles. The molecule has 0 radical (unpaired) electrons. The highest BCUT2D eigenvalue weighted by molar-refractivity contribution is 5.66. The zero-order valence-corrected chi connectivity index (χ0v) is 10.3. The second-order valence-corrected chi connectivity index (χ2v) is 6.17. The van der Waals surface area contributed by atoms with E-state index in [-0.39, 0.29) is 5.97 Å². The maximum Gasteiger partial charge on any atom is 0.303 e. The molecule has 0 spiro atoms. The van der Waals surface area contributed by atoms with Crippen molar-refractivity contribution in [1.29, 1.82) is 5.26 Å². The minimum Gasteiger partial charge on any atom is -0.447 e. The summed E-state index contributed by atoms with van der Waals surface area (Å²) < 4.78 is 5.23. The maximum atomic E-state index is 11.1. The third-order valence-corrected chi connectivity index (χ3v) is 5.07. The molecule has 4 aliphatic rings. The highest BCUT2D eigenvalue weighted by Gasteiger charge is 2.51. The van der Waals surface area contributed by atoms with Gasteiger partial charge < -0.3 is 4.74 Å². The van der Waals surface area contributed by atoms with Crippen molar-refractivity contribution in [2.24, 2.45) is 29.6 Å². The molecule has 3 nitrogen and oxygen atoms in total. The summed E-state index contributed by atoms with van der Waals surface area (Å²) in [7, 11) is 0. The summed E-state index contributed by atoms with van der Waals surface area (Å²) in [4.78, 5) is 11.1. The summed E-state index contributed by atoms with van der Waals surface area (Å²) >= 11 is 0. The number of ether oxygens (including phenoxy) is 1. The Morgan fingerprint density at radius 2 is 1.71 bits per heavy atom. The third-order valence-electron chi connectivity index (χ3n) is 5.07. The van der Waals surface area contributed by atoms with Crippen LogP contribution in [-0.2, 0) is 9.53 Å². The van der Waals surface area contributed by atoms with Crippen molar-refractivity contribution in [2.45, 2.75) is 45.1 Å². The lowest BCUT2D eigenvalue weighted by atomic mass is 9.51. The normalized spacial score (nSPS) is 44.1. The minimum absolute atomic E-state index is 0.314. The Morgan fingerprint density at radius 3 is 2.12 bits per heavy atom. The number of nitriles is 1. The number of carbonyl (C=O) groups excluding carboxylic acids is 1. The molecule has 4 fully saturated rings. The molecule has 0 aromatic rings. The van der Waals surface area contributed by atoms with E-state index in [0.29, 0.717) is 17.8 Å². The van der Waals surface area contributed by atoms with Crippen molar-refractivity contribution in [1.82, 2.24) is 0 Å². The Balaban J connectivity index is 1.79. The van der Waals surface area contributed by atoms with Crippen molar-refractivity contribution in [2.75, 3.05) is 0 Å². The predicted molar refractivity (Wildman–Crippen MR) is 61.7 cm³/mol. The van der Waals surface area contributed by atoms with E-state index in [4.69, 9.17) is 4.74 Å². The molecule has 4 bridgehead atoms. The molecule has 1 unspecified atom stereocenters.